The Morgan fingerprint density at radius 3 is 2.90 bits per heavy atom. The Balaban J connectivity index is 2.05. The number of nitrogens with one attached hydrogen (secondary N) is 1. The van der Waals surface area contributed by atoms with Gasteiger partial charge in [0.2, 0.25) is 0 Å². The summed E-state index contributed by atoms with van der Waals surface area (Å²) in [6, 6.07) is 6.82. The molecule has 1 aliphatic rings. The maximum Gasteiger partial charge on any atom is 0.132 e. The molecule has 1 aliphatic heterocycles. The van der Waals surface area contributed by atoms with Crippen LogP contribution in [0.25, 0.3) is 11.3 Å². The normalized spacial score (nSPS) is 19.2. The van der Waals surface area contributed by atoms with Crippen molar-refractivity contribution < 1.29 is 4.39 Å². The van der Waals surface area contributed by atoms with Crippen molar-refractivity contribution in [1.82, 2.24) is 15.1 Å². The molecule has 20 heavy (non-hydrogen) atoms. The first-order valence-electron chi connectivity index (χ1n) is 6.86. The average molecular weight is 338 g/mol. The molecule has 106 valence electrons. The van der Waals surface area contributed by atoms with E-state index in [-0.39, 0.29) is 5.82 Å². The average Bonchev–Trinajstić information content (AvgIpc) is 2.76. The van der Waals surface area contributed by atoms with Gasteiger partial charge in [-0.05, 0) is 47.4 Å². The summed E-state index contributed by atoms with van der Waals surface area (Å²) in [5.41, 5.74) is 2.42. The van der Waals surface area contributed by atoms with Gasteiger partial charge in [0.05, 0.1) is 15.9 Å². The minimum Gasteiger partial charge on any atom is -0.316 e. The van der Waals surface area contributed by atoms with Gasteiger partial charge in [-0.2, -0.15) is 5.10 Å². The number of aryl methyl sites for hydroxylation is 1. The van der Waals surface area contributed by atoms with E-state index < -0.39 is 0 Å². The van der Waals surface area contributed by atoms with Gasteiger partial charge >= 0.3 is 0 Å². The molecule has 5 heteroatoms. The molecule has 1 fully saturated rings. The summed E-state index contributed by atoms with van der Waals surface area (Å²) in [4.78, 5) is 0. The van der Waals surface area contributed by atoms with E-state index in [1.165, 1.54) is 6.07 Å². The minimum atomic E-state index is -0.218. The monoisotopic (exact) mass is 337 g/mol. The number of hydrogen-bond acceptors (Lipinski definition) is 2. The number of hydrogen-bond donors (Lipinski definition) is 1. The van der Waals surface area contributed by atoms with Crippen molar-refractivity contribution in [3.63, 3.8) is 0 Å². The zero-order valence-corrected chi connectivity index (χ0v) is 13.0. The second-order valence-electron chi connectivity index (χ2n) is 5.19. The van der Waals surface area contributed by atoms with Crippen molar-refractivity contribution in [1.29, 1.82) is 0 Å². The molecular weight excluding hydrogens is 321 g/mol. The molecular formula is C15H17BrFN3. The Hall–Kier alpha value is -1.20. The van der Waals surface area contributed by atoms with Gasteiger partial charge in [0.15, 0.2) is 0 Å². The number of halogens is 2. The van der Waals surface area contributed by atoms with Gasteiger partial charge in [0.25, 0.3) is 0 Å². The van der Waals surface area contributed by atoms with Crippen LogP contribution in [0.3, 0.4) is 0 Å². The molecule has 1 N–H and O–H groups in total. The van der Waals surface area contributed by atoms with Crippen LogP contribution in [0.15, 0.2) is 28.7 Å². The highest BCUT2D eigenvalue weighted by molar-refractivity contribution is 9.10. The lowest BCUT2D eigenvalue weighted by atomic mass is 9.95. The van der Waals surface area contributed by atoms with Crippen LogP contribution >= 0.6 is 15.9 Å². The van der Waals surface area contributed by atoms with Gasteiger partial charge < -0.3 is 5.32 Å². The molecule has 0 aliphatic carbocycles. The highest BCUT2D eigenvalue weighted by atomic mass is 79.9. The minimum absolute atomic E-state index is 0.218. The van der Waals surface area contributed by atoms with Crippen molar-refractivity contribution in [3.8, 4) is 11.3 Å². The Kier molecular flexibility index (Phi) is 3.89. The maximum absolute atomic E-state index is 14.0. The largest absolute Gasteiger partial charge is 0.316 e. The quantitative estimate of drug-likeness (QED) is 0.909. The number of piperidine rings is 1. The van der Waals surface area contributed by atoms with Crippen molar-refractivity contribution in [2.45, 2.75) is 18.8 Å². The van der Waals surface area contributed by atoms with Crippen LogP contribution in [0, 0.1) is 5.82 Å². The van der Waals surface area contributed by atoms with Crippen LogP contribution in [-0.2, 0) is 7.05 Å². The summed E-state index contributed by atoms with van der Waals surface area (Å²) in [5.74, 6) is 0.175. The van der Waals surface area contributed by atoms with E-state index >= 15 is 0 Å². The van der Waals surface area contributed by atoms with Crippen LogP contribution in [0.1, 0.15) is 24.5 Å². The van der Waals surface area contributed by atoms with Gasteiger partial charge in [0.1, 0.15) is 5.82 Å². The molecule has 2 heterocycles. The third-order valence-corrected chi connectivity index (χ3v) is 4.61. The van der Waals surface area contributed by atoms with Crippen LogP contribution in [0.5, 0.6) is 0 Å². The first kappa shape index (κ1) is 13.8. The molecule has 1 aromatic carbocycles. The summed E-state index contributed by atoms with van der Waals surface area (Å²) < 4.78 is 16.7. The first-order valence-corrected chi connectivity index (χ1v) is 7.66. The zero-order valence-electron chi connectivity index (χ0n) is 11.4. The molecule has 3 rings (SSSR count). The third-order valence-electron chi connectivity index (χ3n) is 3.83. The van der Waals surface area contributed by atoms with Gasteiger partial charge in [-0.25, -0.2) is 4.39 Å². The molecule has 3 nitrogen and oxygen atoms in total. The van der Waals surface area contributed by atoms with Crippen LogP contribution in [0.2, 0.25) is 0 Å². The summed E-state index contributed by atoms with van der Waals surface area (Å²) >= 11 is 3.63. The predicted octanol–water partition coefficient (Wildman–Crippen LogP) is 3.46. The van der Waals surface area contributed by atoms with Gasteiger partial charge in [0, 0.05) is 25.1 Å². The van der Waals surface area contributed by atoms with E-state index in [1.54, 1.807) is 16.8 Å². The van der Waals surface area contributed by atoms with Crippen LogP contribution in [-0.4, -0.2) is 22.9 Å². The fourth-order valence-electron chi connectivity index (χ4n) is 2.81. The molecule has 1 saturated heterocycles. The molecule has 0 radical (unpaired) electrons. The van der Waals surface area contributed by atoms with E-state index in [0.29, 0.717) is 11.5 Å². The summed E-state index contributed by atoms with van der Waals surface area (Å²) in [6.07, 6.45) is 2.28. The standard InChI is InChI=1S/C15H17BrFN3/c1-20-15(11-6-2-3-7-12(11)17)13(16)14(19-20)10-5-4-8-18-9-10/h2-3,6-7,10,18H,4-5,8-9H2,1H3. The van der Waals surface area contributed by atoms with Crippen molar-refractivity contribution >= 4 is 15.9 Å². The molecule has 0 saturated carbocycles. The van der Waals surface area contributed by atoms with Crippen molar-refractivity contribution in [2.24, 2.45) is 7.05 Å². The zero-order chi connectivity index (χ0) is 14.1. The fourth-order valence-corrected chi connectivity index (χ4v) is 3.68. The van der Waals surface area contributed by atoms with E-state index in [2.05, 4.69) is 26.3 Å². The lowest BCUT2D eigenvalue weighted by molar-refractivity contribution is 0.450. The van der Waals surface area contributed by atoms with Gasteiger partial charge in [-0.15, -0.1) is 0 Å². The van der Waals surface area contributed by atoms with E-state index in [9.17, 15) is 4.39 Å². The first-order chi connectivity index (χ1) is 9.68. The smallest absolute Gasteiger partial charge is 0.132 e. The lowest BCUT2D eigenvalue weighted by Crippen LogP contribution is -2.28. The summed E-state index contributed by atoms with van der Waals surface area (Å²) in [7, 11) is 1.87. The Morgan fingerprint density at radius 1 is 1.40 bits per heavy atom. The van der Waals surface area contributed by atoms with Crippen LogP contribution < -0.4 is 5.32 Å². The molecule has 0 amide bonds. The third kappa shape index (κ3) is 2.40. The van der Waals surface area contributed by atoms with Gasteiger partial charge in [-0.3, -0.25) is 4.68 Å². The van der Waals surface area contributed by atoms with E-state index in [1.807, 2.05) is 13.1 Å². The predicted molar refractivity (Wildman–Crippen MR) is 81.1 cm³/mol. The second-order valence-corrected chi connectivity index (χ2v) is 5.99. The Bertz CT molecular complexity index is 618. The molecule has 1 unspecified atom stereocenters. The Labute approximate surface area is 126 Å². The SMILES string of the molecule is Cn1nc(C2CCCNC2)c(Br)c1-c1ccccc1F. The van der Waals surface area contributed by atoms with E-state index in [4.69, 9.17) is 0 Å². The maximum atomic E-state index is 14.0. The van der Waals surface area contributed by atoms with E-state index in [0.717, 1.165) is 41.8 Å². The molecule has 1 atom stereocenters. The number of aromatic nitrogens is 2. The fraction of sp³-hybridized carbons (Fsp3) is 0.400. The highest BCUT2D eigenvalue weighted by Crippen LogP contribution is 2.37. The van der Waals surface area contributed by atoms with Crippen molar-refractivity contribution in [2.75, 3.05) is 13.1 Å². The second kappa shape index (κ2) is 5.66. The topological polar surface area (TPSA) is 29.9 Å². The van der Waals surface area contributed by atoms with Gasteiger partial charge in [-0.1, -0.05) is 12.1 Å². The van der Waals surface area contributed by atoms with Crippen LogP contribution in [0.4, 0.5) is 4.39 Å². The number of nitrogens with zero attached hydrogens (tertiary/aromatic N) is 2. The summed E-state index contributed by atoms with van der Waals surface area (Å²) in [6.45, 7) is 2.01. The Morgan fingerprint density at radius 2 is 2.20 bits per heavy atom. The number of rotatable bonds is 2. The molecule has 2 aromatic rings. The van der Waals surface area contributed by atoms with Crippen molar-refractivity contribution in [3.05, 3.63) is 40.2 Å². The molecule has 0 spiro atoms. The lowest BCUT2D eigenvalue weighted by Gasteiger charge is -2.21. The highest BCUT2D eigenvalue weighted by Gasteiger charge is 2.25. The molecule has 1 aromatic heterocycles. The summed E-state index contributed by atoms with van der Waals surface area (Å²) in [5, 5.41) is 8.01. The number of benzene rings is 1. The molecule has 0 bridgehead atoms.